The summed E-state index contributed by atoms with van der Waals surface area (Å²) in [7, 11) is -0.968. The van der Waals surface area contributed by atoms with Crippen LogP contribution in [0.25, 0.3) is 0 Å². The van der Waals surface area contributed by atoms with E-state index in [0.717, 1.165) is 11.1 Å². The largest absolute Gasteiger partial charge is 0.495 e. The monoisotopic (exact) mass is 440 g/mol. The van der Waals surface area contributed by atoms with E-state index in [9.17, 15) is 8.42 Å². The van der Waals surface area contributed by atoms with Gasteiger partial charge in [0, 0.05) is 5.56 Å². The van der Waals surface area contributed by atoms with Gasteiger partial charge in [-0.2, -0.15) is 18.4 Å². The van der Waals surface area contributed by atoms with Crippen LogP contribution < -0.4 is 19.0 Å². The fourth-order valence-electron chi connectivity index (χ4n) is 2.89. The van der Waals surface area contributed by atoms with Gasteiger partial charge < -0.3 is 14.2 Å². The Kier molecular flexibility index (Phi) is 7.15. The molecule has 0 heterocycles. The normalized spacial score (nSPS) is 11.3. The third-order valence-electron chi connectivity index (χ3n) is 4.44. The van der Waals surface area contributed by atoms with Crippen molar-refractivity contribution in [2.24, 2.45) is 5.10 Å². The van der Waals surface area contributed by atoms with Gasteiger partial charge in [0.25, 0.3) is 10.0 Å². The van der Waals surface area contributed by atoms with Crippen molar-refractivity contribution in [1.29, 1.82) is 0 Å². The van der Waals surface area contributed by atoms with E-state index in [0.29, 0.717) is 23.7 Å². The first-order valence-electron chi connectivity index (χ1n) is 9.48. The SMILES string of the molecule is COc1ccc(C)cc1S(=O)(=O)N/N=C/c1cccc(OC)c1OCc1ccccc1. The van der Waals surface area contributed by atoms with E-state index in [4.69, 9.17) is 14.2 Å². The van der Waals surface area contributed by atoms with Crippen LogP contribution in [0.1, 0.15) is 16.7 Å². The Balaban J connectivity index is 1.83. The predicted octanol–water partition coefficient (Wildman–Crippen LogP) is 3.90. The number of benzene rings is 3. The van der Waals surface area contributed by atoms with E-state index < -0.39 is 10.0 Å². The molecule has 162 valence electrons. The van der Waals surface area contributed by atoms with Gasteiger partial charge in [-0.3, -0.25) is 0 Å². The van der Waals surface area contributed by atoms with E-state index in [1.54, 1.807) is 44.4 Å². The van der Waals surface area contributed by atoms with Gasteiger partial charge in [0.15, 0.2) is 11.5 Å². The van der Waals surface area contributed by atoms with E-state index in [1.165, 1.54) is 19.4 Å². The van der Waals surface area contributed by atoms with Crippen molar-refractivity contribution >= 4 is 16.2 Å². The average molecular weight is 441 g/mol. The first kappa shape index (κ1) is 22.2. The van der Waals surface area contributed by atoms with Crippen LogP contribution in [-0.2, 0) is 16.6 Å². The maximum Gasteiger partial charge on any atom is 0.280 e. The van der Waals surface area contributed by atoms with Crippen molar-refractivity contribution in [3.05, 3.63) is 83.4 Å². The fourth-order valence-corrected chi connectivity index (χ4v) is 3.93. The molecular weight excluding hydrogens is 416 g/mol. The Bertz CT molecular complexity index is 1160. The maximum absolute atomic E-state index is 12.7. The van der Waals surface area contributed by atoms with Gasteiger partial charge in [0.05, 0.1) is 20.4 Å². The number of rotatable bonds is 9. The molecule has 3 aromatic carbocycles. The molecule has 0 amide bonds. The lowest BCUT2D eigenvalue weighted by Crippen LogP contribution is -2.19. The molecule has 0 bridgehead atoms. The third-order valence-corrected chi connectivity index (χ3v) is 5.68. The average Bonchev–Trinajstić information content (AvgIpc) is 2.78. The molecule has 8 heteroatoms. The quantitative estimate of drug-likeness (QED) is 0.403. The zero-order valence-electron chi connectivity index (χ0n) is 17.5. The molecule has 0 unspecified atom stereocenters. The lowest BCUT2D eigenvalue weighted by atomic mass is 10.2. The topological polar surface area (TPSA) is 86.2 Å². The number of hydrogen-bond donors (Lipinski definition) is 1. The van der Waals surface area contributed by atoms with Crippen LogP contribution in [0.5, 0.6) is 17.2 Å². The number of para-hydroxylation sites is 1. The summed E-state index contributed by atoms with van der Waals surface area (Å²) in [5, 5.41) is 3.93. The van der Waals surface area contributed by atoms with Gasteiger partial charge >= 0.3 is 0 Å². The standard InChI is InChI=1S/C23H24N2O5S/c1-17-12-13-20(28-2)22(14-17)31(26,27)25-24-15-19-10-7-11-21(29-3)23(19)30-16-18-8-5-4-6-9-18/h4-15,25H,16H2,1-3H3/b24-15+. The Morgan fingerprint density at radius 2 is 1.68 bits per heavy atom. The summed E-state index contributed by atoms with van der Waals surface area (Å²) in [5.74, 6) is 1.22. The number of methoxy groups -OCH3 is 2. The molecule has 0 aliphatic rings. The Hall–Kier alpha value is -3.52. The molecule has 7 nitrogen and oxygen atoms in total. The van der Waals surface area contributed by atoms with Gasteiger partial charge in [0.2, 0.25) is 0 Å². The maximum atomic E-state index is 12.7. The molecule has 1 N–H and O–H groups in total. The zero-order chi connectivity index (χ0) is 22.3. The highest BCUT2D eigenvalue weighted by atomic mass is 32.2. The minimum atomic E-state index is -3.92. The third kappa shape index (κ3) is 5.55. The summed E-state index contributed by atoms with van der Waals surface area (Å²) >= 11 is 0. The van der Waals surface area contributed by atoms with Gasteiger partial charge in [-0.15, -0.1) is 0 Å². The van der Waals surface area contributed by atoms with Crippen LogP contribution in [0.15, 0.2) is 76.7 Å². The molecule has 0 spiro atoms. The summed E-state index contributed by atoms with van der Waals surface area (Å²) in [5.41, 5.74) is 2.34. The highest BCUT2D eigenvalue weighted by Crippen LogP contribution is 2.31. The van der Waals surface area contributed by atoms with Gasteiger partial charge in [-0.05, 0) is 42.3 Å². The van der Waals surface area contributed by atoms with E-state index in [2.05, 4.69) is 9.93 Å². The van der Waals surface area contributed by atoms with Gasteiger partial charge in [-0.25, -0.2) is 0 Å². The Morgan fingerprint density at radius 1 is 0.935 bits per heavy atom. The summed E-state index contributed by atoms with van der Waals surface area (Å²) in [6.07, 6.45) is 1.38. The van der Waals surface area contributed by atoms with Crippen molar-refractivity contribution in [1.82, 2.24) is 4.83 Å². The second-order valence-electron chi connectivity index (χ2n) is 6.66. The van der Waals surface area contributed by atoms with E-state index in [-0.39, 0.29) is 10.6 Å². The van der Waals surface area contributed by atoms with Crippen LogP contribution in [0, 0.1) is 6.92 Å². The minimum absolute atomic E-state index is 0.0124. The van der Waals surface area contributed by atoms with E-state index >= 15 is 0 Å². The first-order valence-corrected chi connectivity index (χ1v) is 11.0. The summed E-state index contributed by atoms with van der Waals surface area (Å²) < 4.78 is 41.9. The smallest absolute Gasteiger partial charge is 0.280 e. The number of aryl methyl sites for hydroxylation is 1. The number of sulfonamides is 1. The van der Waals surface area contributed by atoms with Crippen molar-refractivity contribution in [2.75, 3.05) is 14.2 Å². The highest BCUT2D eigenvalue weighted by Gasteiger charge is 2.19. The van der Waals surface area contributed by atoms with Crippen molar-refractivity contribution in [3.63, 3.8) is 0 Å². The number of nitrogens with one attached hydrogen (secondary N) is 1. The molecular formula is C23H24N2O5S. The fraction of sp³-hybridized carbons (Fsp3) is 0.174. The van der Waals surface area contributed by atoms with Crippen LogP contribution >= 0.6 is 0 Å². The first-order chi connectivity index (χ1) is 14.9. The highest BCUT2D eigenvalue weighted by molar-refractivity contribution is 7.89. The molecule has 31 heavy (non-hydrogen) atoms. The molecule has 0 radical (unpaired) electrons. The molecule has 0 aliphatic carbocycles. The number of hydrogen-bond acceptors (Lipinski definition) is 6. The number of hydrazone groups is 1. The van der Waals surface area contributed by atoms with Crippen LogP contribution in [0.3, 0.4) is 0 Å². The van der Waals surface area contributed by atoms with Gasteiger partial charge in [0.1, 0.15) is 17.3 Å². The zero-order valence-corrected chi connectivity index (χ0v) is 18.3. The van der Waals surface area contributed by atoms with Crippen molar-refractivity contribution in [2.45, 2.75) is 18.4 Å². The predicted molar refractivity (Wildman–Crippen MR) is 119 cm³/mol. The molecule has 3 aromatic rings. The lowest BCUT2D eigenvalue weighted by molar-refractivity contribution is 0.284. The molecule has 0 saturated carbocycles. The molecule has 0 saturated heterocycles. The number of ether oxygens (including phenoxy) is 3. The molecule has 0 atom stereocenters. The Labute approximate surface area is 182 Å². The summed E-state index contributed by atoms with van der Waals surface area (Å²) in [4.78, 5) is 2.24. The van der Waals surface area contributed by atoms with Crippen LogP contribution in [0.2, 0.25) is 0 Å². The summed E-state index contributed by atoms with van der Waals surface area (Å²) in [6, 6.07) is 19.9. The van der Waals surface area contributed by atoms with Crippen LogP contribution in [-0.4, -0.2) is 28.9 Å². The molecule has 0 aliphatic heterocycles. The van der Waals surface area contributed by atoms with Crippen LogP contribution in [0.4, 0.5) is 0 Å². The molecule has 0 aromatic heterocycles. The lowest BCUT2D eigenvalue weighted by Gasteiger charge is -2.13. The Morgan fingerprint density at radius 3 is 2.39 bits per heavy atom. The van der Waals surface area contributed by atoms with Crippen molar-refractivity contribution in [3.8, 4) is 17.2 Å². The second-order valence-corrected chi connectivity index (χ2v) is 8.29. The van der Waals surface area contributed by atoms with E-state index in [1.807, 2.05) is 30.3 Å². The second kappa shape index (κ2) is 9.99. The minimum Gasteiger partial charge on any atom is -0.495 e. The number of nitrogens with zero attached hydrogens (tertiary/aromatic N) is 1. The van der Waals surface area contributed by atoms with Gasteiger partial charge in [-0.1, -0.05) is 42.5 Å². The van der Waals surface area contributed by atoms with Crippen molar-refractivity contribution < 1.29 is 22.6 Å². The molecule has 0 fully saturated rings. The molecule has 3 rings (SSSR count). The summed E-state index contributed by atoms with van der Waals surface area (Å²) in [6.45, 7) is 2.13.